The Kier molecular flexibility index (Phi) is 5.23. The molecule has 1 aromatic heterocycles. The fraction of sp³-hybridized carbons (Fsp3) is 0.706. The van der Waals surface area contributed by atoms with Gasteiger partial charge in [-0.1, -0.05) is 12.8 Å². The van der Waals surface area contributed by atoms with Gasteiger partial charge in [-0.05, 0) is 19.8 Å². The molecule has 4 atom stereocenters. The Morgan fingerprint density at radius 2 is 2.09 bits per heavy atom. The first-order valence-corrected chi connectivity index (χ1v) is 8.49. The van der Waals surface area contributed by atoms with Gasteiger partial charge >= 0.3 is 0 Å². The lowest BCUT2D eigenvalue weighted by Gasteiger charge is -2.44. The molecule has 1 aromatic rings. The van der Waals surface area contributed by atoms with Gasteiger partial charge in [0.1, 0.15) is 6.33 Å². The van der Waals surface area contributed by atoms with E-state index in [4.69, 9.17) is 4.74 Å². The predicted molar refractivity (Wildman–Crippen MR) is 84.7 cm³/mol. The number of nitrogens with zero attached hydrogens (tertiary/aromatic N) is 3. The first-order valence-electron chi connectivity index (χ1n) is 8.49. The number of aromatic nitrogens is 2. The molecule has 1 amide bonds. The van der Waals surface area contributed by atoms with Crippen molar-refractivity contribution in [1.29, 1.82) is 0 Å². The number of hydrogen-bond donors (Lipinski definition) is 1. The number of rotatable bonds is 3. The van der Waals surface area contributed by atoms with Crippen molar-refractivity contribution in [2.45, 2.75) is 50.7 Å². The van der Waals surface area contributed by atoms with Crippen LogP contribution in [-0.2, 0) is 9.53 Å². The molecule has 2 fully saturated rings. The molecule has 1 saturated carbocycles. The molecule has 0 bridgehead atoms. The second-order valence-corrected chi connectivity index (χ2v) is 6.58. The van der Waals surface area contributed by atoms with Gasteiger partial charge in [0.15, 0.2) is 0 Å². The SMILES string of the molecule is CC(C(=O)N1CCOCC1C1CCCCC1O)c1cncnc1. The maximum atomic E-state index is 13.0. The minimum absolute atomic E-state index is 0.0290. The van der Waals surface area contributed by atoms with E-state index in [2.05, 4.69) is 9.97 Å². The topological polar surface area (TPSA) is 75.6 Å². The van der Waals surface area contributed by atoms with Gasteiger partial charge in [0, 0.05) is 30.4 Å². The summed E-state index contributed by atoms with van der Waals surface area (Å²) in [5.41, 5.74) is 0.826. The molecule has 23 heavy (non-hydrogen) atoms. The second-order valence-electron chi connectivity index (χ2n) is 6.58. The molecule has 6 nitrogen and oxygen atoms in total. The van der Waals surface area contributed by atoms with E-state index in [1.54, 1.807) is 12.4 Å². The average molecular weight is 319 g/mol. The highest BCUT2D eigenvalue weighted by Crippen LogP contribution is 2.32. The summed E-state index contributed by atoms with van der Waals surface area (Å²) in [4.78, 5) is 22.9. The number of morpholine rings is 1. The molecule has 0 aromatic carbocycles. The second kappa shape index (κ2) is 7.36. The number of amides is 1. The maximum absolute atomic E-state index is 13.0. The largest absolute Gasteiger partial charge is 0.393 e. The summed E-state index contributed by atoms with van der Waals surface area (Å²) in [5, 5.41) is 10.4. The number of hydrogen-bond acceptors (Lipinski definition) is 5. The zero-order valence-corrected chi connectivity index (χ0v) is 13.6. The molecule has 3 rings (SSSR count). The summed E-state index contributed by atoms with van der Waals surface area (Å²) in [5.74, 6) is -0.0874. The molecule has 1 saturated heterocycles. The molecular formula is C17H25N3O3. The maximum Gasteiger partial charge on any atom is 0.230 e. The number of carbonyl (C=O) groups excluding carboxylic acids is 1. The number of ether oxygens (including phenoxy) is 1. The zero-order valence-electron chi connectivity index (χ0n) is 13.6. The molecule has 2 aliphatic rings. The van der Waals surface area contributed by atoms with E-state index in [1.807, 2.05) is 11.8 Å². The van der Waals surface area contributed by atoms with Gasteiger partial charge in [0.05, 0.1) is 31.3 Å². The average Bonchev–Trinajstić information content (AvgIpc) is 2.62. The van der Waals surface area contributed by atoms with Crippen LogP contribution < -0.4 is 0 Å². The number of aliphatic hydroxyl groups excluding tert-OH is 1. The van der Waals surface area contributed by atoms with Gasteiger partial charge < -0.3 is 14.7 Å². The molecule has 1 aliphatic carbocycles. The van der Waals surface area contributed by atoms with Crippen molar-refractivity contribution in [1.82, 2.24) is 14.9 Å². The zero-order chi connectivity index (χ0) is 16.2. The summed E-state index contributed by atoms with van der Waals surface area (Å²) < 4.78 is 5.62. The summed E-state index contributed by atoms with van der Waals surface area (Å²) in [6.45, 7) is 3.56. The number of aliphatic hydroxyl groups is 1. The van der Waals surface area contributed by atoms with Crippen molar-refractivity contribution < 1.29 is 14.6 Å². The van der Waals surface area contributed by atoms with Gasteiger partial charge in [0.25, 0.3) is 0 Å². The normalized spacial score (nSPS) is 30.0. The highest BCUT2D eigenvalue weighted by atomic mass is 16.5. The molecule has 4 unspecified atom stereocenters. The lowest BCUT2D eigenvalue weighted by atomic mass is 9.80. The van der Waals surface area contributed by atoms with Gasteiger partial charge in [-0.25, -0.2) is 9.97 Å². The predicted octanol–water partition coefficient (Wildman–Crippen LogP) is 1.36. The smallest absolute Gasteiger partial charge is 0.230 e. The van der Waals surface area contributed by atoms with Crippen molar-refractivity contribution in [3.05, 3.63) is 24.3 Å². The van der Waals surface area contributed by atoms with Crippen LogP contribution in [-0.4, -0.2) is 57.8 Å². The third-order valence-corrected chi connectivity index (χ3v) is 5.18. The molecule has 0 radical (unpaired) electrons. The van der Waals surface area contributed by atoms with Crippen LogP contribution in [0.5, 0.6) is 0 Å². The Morgan fingerprint density at radius 1 is 1.35 bits per heavy atom. The summed E-state index contributed by atoms with van der Waals surface area (Å²) in [6, 6.07) is -0.0290. The van der Waals surface area contributed by atoms with Crippen LogP contribution in [0.4, 0.5) is 0 Å². The van der Waals surface area contributed by atoms with Crippen LogP contribution in [0.15, 0.2) is 18.7 Å². The van der Waals surface area contributed by atoms with Crippen LogP contribution >= 0.6 is 0 Å². The summed E-state index contributed by atoms with van der Waals surface area (Å²) in [7, 11) is 0. The molecule has 1 aliphatic heterocycles. The minimum Gasteiger partial charge on any atom is -0.393 e. The van der Waals surface area contributed by atoms with E-state index in [0.29, 0.717) is 19.8 Å². The molecular weight excluding hydrogens is 294 g/mol. The lowest BCUT2D eigenvalue weighted by Crippen LogP contribution is -2.56. The van der Waals surface area contributed by atoms with Gasteiger partial charge in [-0.2, -0.15) is 0 Å². The highest BCUT2D eigenvalue weighted by Gasteiger charge is 2.39. The van der Waals surface area contributed by atoms with Crippen LogP contribution in [0.2, 0.25) is 0 Å². The van der Waals surface area contributed by atoms with Crippen LogP contribution in [0.25, 0.3) is 0 Å². The van der Waals surface area contributed by atoms with Crippen molar-refractivity contribution in [2.75, 3.05) is 19.8 Å². The first kappa shape index (κ1) is 16.3. The van der Waals surface area contributed by atoms with Crippen LogP contribution in [0.3, 0.4) is 0 Å². The Morgan fingerprint density at radius 3 is 2.83 bits per heavy atom. The van der Waals surface area contributed by atoms with E-state index in [0.717, 1.165) is 31.2 Å². The van der Waals surface area contributed by atoms with Gasteiger partial charge in [-0.3, -0.25) is 4.79 Å². The van der Waals surface area contributed by atoms with Crippen molar-refractivity contribution >= 4 is 5.91 Å². The lowest BCUT2D eigenvalue weighted by molar-refractivity contribution is -0.147. The highest BCUT2D eigenvalue weighted by molar-refractivity contribution is 5.83. The Labute approximate surface area is 136 Å². The van der Waals surface area contributed by atoms with E-state index in [1.165, 1.54) is 6.33 Å². The minimum atomic E-state index is -0.332. The molecule has 2 heterocycles. The quantitative estimate of drug-likeness (QED) is 0.910. The molecule has 1 N–H and O–H groups in total. The summed E-state index contributed by atoms with van der Waals surface area (Å²) >= 11 is 0. The molecule has 0 spiro atoms. The fourth-order valence-corrected chi connectivity index (χ4v) is 3.77. The Hall–Kier alpha value is -1.53. The third kappa shape index (κ3) is 3.53. The standard InChI is InChI=1S/C17H25N3O3/c1-12(13-8-18-11-19-9-13)17(22)20-6-7-23-10-15(20)14-4-2-3-5-16(14)21/h8-9,11-12,14-16,21H,2-7,10H2,1H3. The fourth-order valence-electron chi connectivity index (χ4n) is 3.77. The van der Waals surface area contributed by atoms with Gasteiger partial charge in [-0.15, -0.1) is 0 Å². The van der Waals surface area contributed by atoms with Crippen molar-refractivity contribution in [2.24, 2.45) is 5.92 Å². The first-order chi connectivity index (χ1) is 11.2. The molecule has 6 heteroatoms. The van der Waals surface area contributed by atoms with Crippen LogP contribution in [0, 0.1) is 5.92 Å². The van der Waals surface area contributed by atoms with Gasteiger partial charge in [0.2, 0.25) is 5.91 Å². The van der Waals surface area contributed by atoms with E-state index < -0.39 is 0 Å². The Bertz CT molecular complexity index is 525. The Balaban J connectivity index is 1.76. The van der Waals surface area contributed by atoms with E-state index >= 15 is 0 Å². The number of carbonyl (C=O) groups is 1. The van der Waals surface area contributed by atoms with Crippen molar-refractivity contribution in [3.8, 4) is 0 Å². The van der Waals surface area contributed by atoms with Crippen molar-refractivity contribution in [3.63, 3.8) is 0 Å². The third-order valence-electron chi connectivity index (χ3n) is 5.18. The van der Waals surface area contributed by atoms with E-state index in [9.17, 15) is 9.90 Å². The van der Waals surface area contributed by atoms with E-state index in [-0.39, 0.29) is 29.9 Å². The molecule has 126 valence electrons. The van der Waals surface area contributed by atoms with Crippen LogP contribution in [0.1, 0.15) is 44.1 Å². The summed E-state index contributed by atoms with van der Waals surface area (Å²) in [6.07, 6.45) is 8.49. The monoisotopic (exact) mass is 319 g/mol.